The Kier molecular flexibility index (Phi) is 4.96. The summed E-state index contributed by atoms with van der Waals surface area (Å²) in [5.41, 5.74) is 5.66. The lowest BCUT2D eigenvalue weighted by molar-refractivity contribution is 0.622. The molecule has 6 heteroatoms. The van der Waals surface area contributed by atoms with Gasteiger partial charge >= 0.3 is 0 Å². The molecule has 0 spiro atoms. The standard InChI is InChI=1S/C28H22FN5/c1-19-32-26-18-31-25-10-8-20(6-7-21-5-4-12-30-17-21)15-23(25)28(26)34(19)22-9-11-27(24(29)16-22)33-13-2-3-14-33/h4-5,8-12,15-18H,2-3,13-14H2,1H3. The molecule has 5 aromatic rings. The molecule has 0 unspecified atom stereocenters. The van der Waals surface area contributed by atoms with Crippen LogP contribution in [0.3, 0.4) is 0 Å². The van der Waals surface area contributed by atoms with E-state index in [4.69, 9.17) is 4.98 Å². The molecule has 0 amide bonds. The topological polar surface area (TPSA) is 46.8 Å². The number of fused-ring (bicyclic) bond motifs is 3. The van der Waals surface area contributed by atoms with E-state index in [0.717, 1.165) is 70.5 Å². The van der Waals surface area contributed by atoms with E-state index in [2.05, 4.69) is 26.7 Å². The smallest absolute Gasteiger partial charge is 0.148 e. The molecule has 0 atom stereocenters. The monoisotopic (exact) mass is 447 g/mol. The van der Waals surface area contributed by atoms with Crippen LogP contribution < -0.4 is 4.90 Å². The molecule has 0 bridgehead atoms. The van der Waals surface area contributed by atoms with Crippen molar-refractivity contribution in [2.45, 2.75) is 19.8 Å². The number of halogens is 1. The molecule has 1 fully saturated rings. The van der Waals surface area contributed by atoms with E-state index in [9.17, 15) is 0 Å². The van der Waals surface area contributed by atoms with E-state index in [1.807, 2.05) is 54.0 Å². The van der Waals surface area contributed by atoms with Crippen LogP contribution in [0.1, 0.15) is 29.8 Å². The van der Waals surface area contributed by atoms with Crippen LogP contribution in [0.4, 0.5) is 10.1 Å². The highest BCUT2D eigenvalue weighted by Crippen LogP contribution is 2.31. The third-order valence-electron chi connectivity index (χ3n) is 6.30. The summed E-state index contributed by atoms with van der Waals surface area (Å²) in [6.07, 6.45) is 7.46. The first-order valence-corrected chi connectivity index (χ1v) is 11.4. The van der Waals surface area contributed by atoms with Gasteiger partial charge in [0.15, 0.2) is 0 Å². The Morgan fingerprint density at radius 3 is 2.56 bits per heavy atom. The third kappa shape index (κ3) is 3.56. The lowest BCUT2D eigenvalue weighted by Gasteiger charge is -2.19. The van der Waals surface area contributed by atoms with Gasteiger partial charge in [0.05, 0.1) is 28.6 Å². The first kappa shape index (κ1) is 20.4. The molecule has 1 saturated heterocycles. The molecule has 0 radical (unpaired) electrons. The van der Waals surface area contributed by atoms with Gasteiger partial charge in [-0.1, -0.05) is 11.8 Å². The van der Waals surface area contributed by atoms with Crippen molar-refractivity contribution in [1.29, 1.82) is 0 Å². The highest BCUT2D eigenvalue weighted by Gasteiger charge is 2.19. The molecule has 0 aliphatic carbocycles. The van der Waals surface area contributed by atoms with Gasteiger partial charge in [0, 0.05) is 48.1 Å². The molecule has 0 N–H and O–H groups in total. The first-order valence-electron chi connectivity index (χ1n) is 11.4. The number of pyridine rings is 2. The van der Waals surface area contributed by atoms with Crippen LogP contribution in [-0.4, -0.2) is 32.6 Å². The average Bonchev–Trinajstić information content (AvgIpc) is 3.51. The van der Waals surface area contributed by atoms with Crippen molar-refractivity contribution in [1.82, 2.24) is 19.5 Å². The van der Waals surface area contributed by atoms with Crippen LogP contribution in [0.5, 0.6) is 0 Å². The van der Waals surface area contributed by atoms with Gasteiger partial charge in [0.2, 0.25) is 0 Å². The zero-order valence-electron chi connectivity index (χ0n) is 18.8. The van der Waals surface area contributed by atoms with Crippen LogP contribution in [0.2, 0.25) is 0 Å². The van der Waals surface area contributed by atoms with Gasteiger partial charge in [-0.2, -0.15) is 0 Å². The van der Waals surface area contributed by atoms with Gasteiger partial charge in [-0.3, -0.25) is 14.5 Å². The zero-order chi connectivity index (χ0) is 23.1. The number of hydrogen-bond acceptors (Lipinski definition) is 4. The summed E-state index contributed by atoms with van der Waals surface area (Å²) in [5, 5.41) is 0.931. The van der Waals surface area contributed by atoms with Crippen molar-refractivity contribution in [3.05, 3.63) is 89.9 Å². The summed E-state index contributed by atoms with van der Waals surface area (Å²) in [6.45, 7) is 3.75. The molecule has 6 rings (SSSR count). The van der Waals surface area contributed by atoms with Crippen LogP contribution in [0, 0.1) is 24.6 Å². The Hall–Kier alpha value is -4.24. The Morgan fingerprint density at radius 1 is 0.912 bits per heavy atom. The normalized spacial score (nSPS) is 13.4. The number of rotatable bonds is 2. The van der Waals surface area contributed by atoms with Gasteiger partial charge in [-0.05, 0) is 62.2 Å². The fourth-order valence-electron chi connectivity index (χ4n) is 4.70. The average molecular weight is 448 g/mol. The minimum atomic E-state index is -0.206. The number of aryl methyl sites for hydroxylation is 1. The maximum atomic E-state index is 15.2. The quantitative estimate of drug-likeness (QED) is 0.339. The minimum absolute atomic E-state index is 0.206. The van der Waals surface area contributed by atoms with E-state index >= 15 is 4.39 Å². The number of aromatic nitrogens is 4. The molecule has 0 saturated carbocycles. The predicted molar refractivity (Wildman–Crippen MR) is 133 cm³/mol. The zero-order valence-corrected chi connectivity index (χ0v) is 18.8. The van der Waals surface area contributed by atoms with Crippen LogP contribution in [-0.2, 0) is 0 Å². The van der Waals surface area contributed by atoms with E-state index in [-0.39, 0.29) is 5.82 Å². The van der Waals surface area contributed by atoms with E-state index < -0.39 is 0 Å². The number of nitrogens with zero attached hydrogens (tertiary/aromatic N) is 5. The van der Waals surface area contributed by atoms with Gasteiger partial charge in [0.1, 0.15) is 17.2 Å². The summed E-state index contributed by atoms with van der Waals surface area (Å²) in [4.78, 5) is 15.5. The second kappa shape index (κ2) is 8.27. The highest BCUT2D eigenvalue weighted by molar-refractivity contribution is 6.03. The molecule has 4 heterocycles. The maximum absolute atomic E-state index is 15.2. The number of imidazole rings is 1. The van der Waals surface area contributed by atoms with Gasteiger partial charge in [0.25, 0.3) is 0 Å². The molecular formula is C28H22FN5. The summed E-state index contributed by atoms with van der Waals surface area (Å²) < 4.78 is 17.2. The number of benzene rings is 2. The number of hydrogen-bond donors (Lipinski definition) is 0. The second-order valence-electron chi connectivity index (χ2n) is 8.54. The Bertz CT molecular complexity index is 1590. The minimum Gasteiger partial charge on any atom is -0.369 e. The summed E-state index contributed by atoms with van der Waals surface area (Å²) >= 11 is 0. The molecular weight excluding hydrogens is 425 g/mol. The summed E-state index contributed by atoms with van der Waals surface area (Å²) in [5.74, 6) is 6.95. The fourth-order valence-corrected chi connectivity index (χ4v) is 4.70. The summed E-state index contributed by atoms with van der Waals surface area (Å²) in [7, 11) is 0. The van der Waals surface area contributed by atoms with Crippen molar-refractivity contribution in [3.63, 3.8) is 0 Å². The first-order chi connectivity index (χ1) is 16.7. The predicted octanol–water partition coefficient (Wildman–Crippen LogP) is 5.42. The van der Waals surface area contributed by atoms with Crippen molar-refractivity contribution < 1.29 is 4.39 Å². The molecule has 1 aliphatic rings. The van der Waals surface area contributed by atoms with Crippen molar-refractivity contribution >= 4 is 27.6 Å². The maximum Gasteiger partial charge on any atom is 0.148 e. The molecule has 5 nitrogen and oxygen atoms in total. The Morgan fingerprint density at radius 2 is 1.76 bits per heavy atom. The highest BCUT2D eigenvalue weighted by atomic mass is 19.1. The Balaban J connectivity index is 1.50. The Labute approximate surface area is 196 Å². The van der Waals surface area contributed by atoms with Crippen LogP contribution >= 0.6 is 0 Å². The van der Waals surface area contributed by atoms with Gasteiger partial charge < -0.3 is 4.90 Å². The van der Waals surface area contributed by atoms with Gasteiger partial charge in [-0.15, -0.1) is 0 Å². The molecule has 2 aromatic carbocycles. The fraction of sp³-hybridized carbons (Fsp3) is 0.179. The molecule has 1 aliphatic heterocycles. The van der Waals surface area contributed by atoms with Crippen LogP contribution in [0.25, 0.3) is 27.6 Å². The van der Waals surface area contributed by atoms with Gasteiger partial charge in [-0.25, -0.2) is 9.37 Å². The van der Waals surface area contributed by atoms with E-state index in [1.165, 1.54) is 0 Å². The van der Waals surface area contributed by atoms with Crippen molar-refractivity contribution in [2.24, 2.45) is 0 Å². The molecule has 34 heavy (non-hydrogen) atoms. The summed E-state index contributed by atoms with van der Waals surface area (Å²) in [6, 6.07) is 15.2. The van der Waals surface area contributed by atoms with Crippen molar-refractivity contribution in [2.75, 3.05) is 18.0 Å². The van der Waals surface area contributed by atoms with Crippen LogP contribution in [0.15, 0.2) is 67.1 Å². The SMILES string of the molecule is Cc1nc2cnc3ccc(C#Cc4cccnc4)cc3c2n1-c1ccc(N2CCCC2)c(F)c1. The lowest BCUT2D eigenvalue weighted by atomic mass is 10.1. The van der Waals surface area contributed by atoms with E-state index in [1.54, 1.807) is 24.7 Å². The van der Waals surface area contributed by atoms with Crippen molar-refractivity contribution in [3.8, 4) is 17.5 Å². The molecule has 166 valence electrons. The second-order valence-corrected chi connectivity index (χ2v) is 8.54. The largest absolute Gasteiger partial charge is 0.369 e. The third-order valence-corrected chi connectivity index (χ3v) is 6.30. The van der Waals surface area contributed by atoms with E-state index in [0.29, 0.717) is 5.69 Å². The number of anilines is 1. The molecule has 3 aromatic heterocycles. The lowest BCUT2D eigenvalue weighted by Crippen LogP contribution is -2.19.